The van der Waals surface area contributed by atoms with Crippen LogP contribution in [0.3, 0.4) is 0 Å². The Balaban J connectivity index is 4.00. The minimum absolute atomic E-state index is 0.368. The zero-order chi connectivity index (χ0) is 8.85. The SMILES string of the molecule is CC(C)CC(N=C=S)C(C)C. The van der Waals surface area contributed by atoms with Crippen LogP contribution in [0.15, 0.2) is 4.99 Å². The summed E-state index contributed by atoms with van der Waals surface area (Å²) in [5.74, 6) is 1.27. The first-order valence-corrected chi connectivity index (χ1v) is 4.55. The van der Waals surface area contributed by atoms with Gasteiger partial charge in [-0.1, -0.05) is 27.7 Å². The highest BCUT2D eigenvalue weighted by Gasteiger charge is 2.12. The third kappa shape index (κ3) is 5.11. The van der Waals surface area contributed by atoms with Crippen molar-refractivity contribution in [3.63, 3.8) is 0 Å². The van der Waals surface area contributed by atoms with E-state index >= 15 is 0 Å². The van der Waals surface area contributed by atoms with E-state index in [0.29, 0.717) is 17.9 Å². The third-order valence-electron chi connectivity index (χ3n) is 1.70. The molecule has 0 bridgehead atoms. The normalized spacial score (nSPS) is 13.3. The Kier molecular flexibility index (Phi) is 5.35. The Hall–Kier alpha value is -0.200. The van der Waals surface area contributed by atoms with Crippen LogP contribution in [0.1, 0.15) is 34.1 Å². The lowest BCUT2D eigenvalue weighted by molar-refractivity contribution is 0.410. The van der Waals surface area contributed by atoms with Crippen molar-refractivity contribution in [2.75, 3.05) is 0 Å². The van der Waals surface area contributed by atoms with Crippen molar-refractivity contribution in [2.24, 2.45) is 16.8 Å². The molecule has 0 aliphatic heterocycles. The third-order valence-corrected chi connectivity index (χ3v) is 1.81. The van der Waals surface area contributed by atoms with Gasteiger partial charge in [-0.3, -0.25) is 0 Å². The summed E-state index contributed by atoms with van der Waals surface area (Å²) in [5, 5.41) is 2.46. The summed E-state index contributed by atoms with van der Waals surface area (Å²) >= 11 is 4.58. The Morgan fingerprint density at radius 3 is 2.09 bits per heavy atom. The molecule has 0 aliphatic carbocycles. The Bertz CT molecular complexity index is 146. The van der Waals surface area contributed by atoms with Gasteiger partial charge in [-0.15, -0.1) is 0 Å². The van der Waals surface area contributed by atoms with Gasteiger partial charge in [-0.05, 0) is 30.5 Å². The van der Waals surface area contributed by atoms with Gasteiger partial charge in [0.05, 0.1) is 11.2 Å². The molecule has 0 aliphatic rings. The van der Waals surface area contributed by atoms with Gasteiger partial charge in [-0.2, -0.15) is 0 Å². The highest BCUT2D eigenvalue weighted by Crippen LogP contribution is 2.15. The lowest BCUT2D eigenvalue weighted by Gasteiger charge is -2.16. The van der Waals surface area contributed by atoms with Crippen LogP contribution < -0.4 is 0 Å². The first-order chi connectivity index (χ1) is 5.07. The van der Waals surface area contributed by atoms with Gasteiger partial charge >= 0.3 is 0 Å². The number of isothiocyanates is 1. The molecule has 0 amide bonds. The molecule has 0 heterocycles. The molecule has 11 heavy (non-hydrogen) atoms. The molecule has 2 heteroatoms. The molecule has 1 nitrogen and oxygen atoms in total. The highest BCUT2D eigenvalue weighted by molar-refractivity contribution is 7.78. The molecule has 0 aromatic rings. The quantitative estimate of drug-likeness (QED) is 0.467. The average molecular weight is 171 g/mol. The molecule has 0 spiro atoms. The van der Waals surface area contributed by atoms with Crippen molar-refractivity contribution in [3.05, 3.63) is 0 Å². The van der Waals surface area contributed by atoms with Crippen LogP contribution in [0.4, 0.5) is 0 Å². The summed E-state index contributed by atoms with van der Waals surface area (Å²) in [4.78, 5) is 4.13. The number of hydrogen-bond acceptors (Lipinski definition) is 2. The molecular weight excluding hydrogens is 154 g/mol. The topological polar surface area (TPSA) is 12.4 Å². The van der Waals surface area contributed by atoms with Gasteiger partial charge < -0.3 is 0 Å². The maximum Gasteiger partial charge on any atom is 0.0628 e. The second kappa shape index (κ2) is 5.45. The number of thiocarbonyl (C=S) groups is 1. The molecule has 0 aromatic heterocycles. The lowest BCUT2D eigenvalue weighted by Crippen LogP contribution is -2.15. The number of rotatable bonds is 4. The standard InChI is InChI=1S/C9H17NS/c1-7(2)5-9(8(3)4)10-6-11/h7-9H,5H2,1-4H3. The van der Waals surface area contributed by atoms with Crippen molar-refractivity contribution in [1.29, 1.82) is 0 Å². The average Bonchev–Trinajstić information content (AvgIpc) is 1.86. The van der Waals surface area contributed by atoms with Gasteiger partial charge in [0.15, 0.2) is 0 Å². The van der Waals surface area contributed by atoms with Crippen LogP contribution in [-0.4, -0.2) is 11.2 Å². The van der Waals surface area contributed by atoms with E-state index in [1.807, 2.05) is 0 Å². The lowest BCUT2D eigenvalue weighted by atomic mass is 9.95. The van der Waals surface area contributed by atoms with Crippen LogP contribution >= 0.6 is 12.2 Å². The van der Waals surface area contributed by atoms with E-state index in [2.05, 4.69) is 50.1 Å². The van der Waals surface area contributed by atoms with Crippen LogP contribution in [0.25, 0.3) is 0 Å². The first kappa shape index (κ1) is 10.8. The molecule has 64 valence electrons. The molecular formula is C9H17NS. The minimum atomic E-state index is 0.368. The van der Waals surface area contributed by atoms with Gasteiger partial charge in [-0.25, -0.2) is 4.99 Å². The number of aliphatic imine (C=N–C) groups is 1. The molecule has 0 saturated carbocycles. The van der Waals surface area contributed by atoms with E-state index in [1.54, 1.807) is 0 Å². The maximum absolute atomic E-state index is 4.58. The molecule has 1 unspecified atom stereocenters. The van der Waals surface area contributed by atoms with Crippen molar-refractivity contribution in [2.45, 2.75) is 40.2 Å². The van der Waals surface area contributed by atoms with E-state index < -0.39 is 0 Å². The largest absolute Gasteiger partial charge is 0.229 e. The van der Waals surface area contributed by atoms with Crippen molar-refractivity contribution >= 4 is 17.4 Å². The van der Waals surface area contributed by atoms with Gasteiger partial charge in [0.2, 0.25) is 0 Å². The first-order valence-electron chi connectivity index (χ1n) is 4.15. The Labute approximate surface area is 74.9 Å². The number of nitrogens with zero attached hydrogens (tertiary/aromatic N) is 1. The van der Waals surface area contributed by atoms with Crippen LogP contribution in [-0.2, 0) is 0 Å². The van der Waals surface area contributed by atoms with E-state index in [-0.39, 0.29) is 0 Å². The molecule has 0 saturated heterocycles. The highest BCUT2D eigenvalue weighted by atomic mass is 32.1. The molecule has 0 aromatic carbocycles. The fourth-order valence-corrected chi connectivity index (χ4v) is 1.16. The van der Waals surface area contributed by atoms with Crippen LogP contribution in [0, 0.1) is 11.8 Å². The Morgan fingerprint density at radius 1 is 1.27 bits per heavy atom. The smallest absolute Gasteiger partial charge is 0.0628 e. The van der Waals surface area contributed by atoms with E-state index in [9.17, 15) is 0 Å². The Morgan fingerprint density at radius 2 is 1.82 bits per heavy atom. The molecule has 0 fully saturated rings. The molecule has 0 rings (SSSR count). The zero-order valence-electron chi connectivity index (χ0n) is 7.79. The monoisotopic (exact) mass is 171 g/mol. The van der Waals surface area contributed by atoms with Gasteiger partial charge in [0, 0.05) is 0 Å². The fourth-order valence-electron chi connectivity index (χ4n) is 1.02. The number of hydrogen-bond donors (Lipinski definition) is 0. The van der Waals surface area contributed by atoms with Gasteiger partial charge in [0.1, 0.15) is 0 Å². The predicted octanol–water partition coefficient (Wildman–Crippen LogP) is 3.16. The second-order valence-electron chi connectivity index (χ2n) is 3.66. The zero-order valence-corrected chi connectivity index (χ0v) is 8.61. The van der Waals surface area contributed by atoms with Crippen LogP contribution in [0.2, 0.25) is 0 Å². The molecule has 0 radical (unpaired) electrons. The summed E-state index contributed by atoms with van der Waals surface area (Å²) in [5.41, 5.74) is 0. The van der Waals surface area contributed by atoms with Crippen molar-refractivity contribution in [3.8, 4) is 0 Å². The minimum Gasteiger partial charge on any atom is -0.229 e. The summed E-state index contributed by atoms with van der Waals surface area (Å²) in [6.07, 6.45) is 1.11. The van der Waals surface area contributed by atoms with E-state index in [1.165, 1.54) is 0 Å². The summed E-state index contributed by atoms with van der Waals surface area (Å²) < 4.78 is 0. The fraction of sp³-hybridized carbons (Fsp3) is 0.889. The van der Waals surface area contributed by atoms with E-state index in [0.717, 1.165) is 6.42 Å². The molecule has 0 N–H and O–H groups in total. The van der Waals surface area contributed by atoms with Crippen LogP contribution in [0.5, 0.6) is 0 Å². The van der Waals surface area contributed by atoms with E-state index in [4.69, 9.17) is 0 Å². The summed E-state index contributed by atoms with van der Waals surface area (Å²) in [6.45, 7) is 8.75. The second-order valence-corrected chi connectivity index (χ2v) is 3.84. The predicted molar refractivity (Wildman–Crippen MR) is 53.1 cm³/mol. The van der Waals surface area contributed by atoms with Crippen molar-refractivity contribution < 1.29 is 0 Å². The molecule has 1 atom stereocenters. The van der Waals surface area contributed by atoms with Crippen molar-refractivity contribution in [1.82, 2.24) is 0 Å². The van der Waals surface area contributed by atoms with Gasteiger partial charge in [0.25, 0.3) is 0 Å². The maximum atomic E-state index is 4.58. The summed E-state index contributed by atoms with van der Waals surface area (Å²) in [7, 11) is 0. The summed E-state index contributed by atoms with van der Waals surface area (Å²) in [6, 6.07) is 0.368.